The molecule has 2 N–H and O–H groups in total. The van der Waals surface area contributed by atoms with Gasteiger partial charge in [0.05, 0.1) is 5.52 Å². The summed E-state index contributed by atoms with van der Waals surface area (Å²) in [5.74, 6) is 0.334. The van der Waals surface area contributed by atoms with Crippen molar-refractivity contribution in [2.24, 2.45) is 0 Å². The number of nitrogens with zero attached hydrogens (tertiary/aromatic N) is 3. The molecule has 0 radical (unpaired) electrons. The van der Waals surface area contributed by atoms with E-state index in [4.69, 9.17) is 0 Å². The number of piperidine rings is 1. The average Bonchev–Trinajstić information content (AvgIpc) is 3.21. The van der Waals surface area contributed by atoms with Crippen molar-refractivity contribution in [3.05, 3.63) is 60.0 Å². The topological polar surface area (TPSA) is 73.9 Å². The van der Waals surface area contributed by atoms with Crippen LogP contribution in [0.25, 0.3) is 10.9 Å². The highest BCUT2D eigenvalue weighted by molar-refractivity contribution is 5.82. The summed E-state index contributed by atoms with van der Waals surface area (Å²) in [7, 11) is 0. The molecule has 1 unspecified atom stereocenters. The lowest BCUT2D eigenvalue weighted by molar-refractivity contribution is 0.178. The van der Waals surface area contributed by atoms with Crippen molar-refractivity contribution in [1.29, 1.82) is 0 Å². The molecule has 1 atom stereocenters. The minimum absolute atomic E-state index is 0.0165. The number of benzene rings is 1. The lowest BCUT2D eigenvalue weighted by Gasteiger charge is -2.32. The van der Waals surface area contributed by atoms with Crippen LogP contribution < -0.4 is 5.32 Å². The summed E-state index contributed by atoms with van der Waals surface area (Å²) in [5.41, 5.74) is 3.09. The fourth-order valence-electron chi connectivity index (χ4n) is 3.50. The molecule has 0 bridgehead atoms. The summed E-state index contributed by atoms with van der Waals surface area (Å²) in [6, 6.07) is 12.0. The molecular weight excluding hydrogens is 314 g/mol. The van der Waals surface area contributed by atoms with Crippen LogP contribution in [0.4, 0.5) is 4.79 Å². The minimum Gasteiger partial charge on any atom is -0.334 e. The number of para-hydroxylation sites is 1. The highest BCUT2D eigenvalue weighted by Gasteiger charge is 2.25. The predicted molar refractivity (Wildman–Crippen MR) is 96.1 cm³/mol. The van der Waals surface area contributed by atoms with Gasteiger partial charge in [-0.2, -0.15) is 5.10 Å². The van der Waals surface area contributed by atoms with Crippen LogP contribution in [-0.2, 0) is 6.54 Å². The van der Waals surface area contributed by atoms with Crippen LogP contribution in [0.5, 0.6) is 0 Å². The molecule has 3 aromatic rings. The summed E-state index contributed by atoms with van der Waals surface area (Å²) in [4.78, 5) is 18.9. The highest BCUT2D eigenvalue weighted by atomic mass is 16.2. The van der Waals surface area contributed by atoms with E-state index in [1.165, 1.54) is 0 Å². The van der Waals surface area contributed by atoms with Gasteiger partial charge in [0, 0.05) is 49.0 Å². The summed E-state index contributed by atoms with van der Waals surface area (Å²) >= 11 is 0. The monoisotopic (exact) mass is 335 g/mol. The van der Waals surface area contributed by atoms with Crippen molar-refractivity contribution in [3.63, 3.8) is 0 Å². The van der Waals surface area contributed by atoms with Crippen LogP contribution in [0.2, 0.25) is 0 Å². The molecule has 128 valence electrons. The molecule has 0 saturated carbocycles. The lowest BCUT2D eigenvalue weighted by atomic mass is 9.95. The Morgan fingerprint density at radius 2 is 2.16 bits per heavy atom. The molecule has 4 rings (SSSR count). The maximum atomic E-state index is 12.6. The number of H-pyrrole nitrogens is 1. The predicted octanol–water partition coefficient (Wildman–Crippen LogP) is 3.05. The van der Waals surface area contributed by atoms with Crippen LogP contribution in [0.1, 0.15) is 30.0 Å². The summed E-state index contributed by atoms with van der Waals surface area (Å²) < 4.78 is 0. The highest BCUT2D eigenvalue weighted by Crippen LogP contribution is 2.25. The third-order valence-corrected chi connectivity index (χ3v) is 4.82. The number of amides is 2. The number of rotatable bonds is 3. The van der Waals surface area contributed by atoms with Gasteiger partial charge >= 0.3 is 6.03 Å². The molecule has 2 amide bonds. The van der Waals surface area contributed by atoms with E-state index in [-0.39, 0.29) is 6.03 Å². The standard InChI is InChI=1S/C19H21N5O/c25-19(24-11-3-7-16(13-24)17-8-10-22-23-17)21-12-15-5-1-4-14-6-2-9-20-18(14)15/h1-2,4-6,8-10,16H,3,7,11-13H2,(H,21,25)(H,22,23). The number of likely N-dealkylation sites (tertiary alicyclic amines) is 1. The Bertz CT molecular complexity index is 856. The van der Waals surface area contributed by atoms with Gasteiger partial charge in [-0.25, -0.2) is 4.79 Å². The molecule has 1 saturated heterocycles. The van der Waals surface area contributed by atoms with Gasteiger partial charge in [-0.05, 0) is 30.5 Å². The third kappa shape index (κ3) is 3.33. The van der Waals surface area contributed by atoms with Crippen LogP contribution >= 0.6 is 0 Å². The van der Waals surface area contributed by atoms with E-state index in [1.807, 2.05) is 41.3 Å². The van der Waals surface area contributed by atoms with E-state index in [1.54, 1.807) is 12.4 Å². The van der Waals surface area contributed by atoms with E-state index in [9.17, 15) is 4.79 Å². The number of urea groups is 1. The number of aromatic amines is 1. The van der Waals surface area contributed by atoms with Gasteiger partial charge in [-0.1, -0.05) is 24.3 Å². The minimum atomic E-state index is -0.0165. The first-order valence-electron chi connectivity index (χ1n) is 8.66. The van der Waals surface area contributed by atoms with Gasteiger partial charge in [-0.15, -0.1) is 0 Å². The number of fused-ring (bicyclic) bond motifs is 1. The van der Waals surface area contributed by atoms with E-state index in [0.717, 1.165) is 48.1 Å². The number of nitrogens with one attached hydrogen (secondary N) is 2. The second-order valence-electron chi connectivity index (χ2n) is 6.45. The maximum Gasteiger partial charge on any atom is 0.317 e. The van der Waals surface area contributed by atoms with Gasteiger partial charge in [0.15, 0.2) is 0 Å². The van der Waals surface area contributed by atoms with Gasteiger partial charge in [0.25, 0.3) is 0 Å². The summed E-state index contributed by atoms with van der Waals surface area (Å²) in [5, 5.41) is 11.2. The molecule has 1 aromatic carbocycles. The molecule has 3 heterocycles. The van der Waals surface area contributed by atoms with Crippen LogP contribution in [-0.4, -0.2) is 39.2 Å². The molecule has 1 aliphatic heterocycles. The number of carbonyl (C=O) groups excluding carboxylic acids is 1. The molecule has 0 aliphatic carbocycles. The second kappa shape index (κ2) is 6.93. The zero-order valence-electron chi connectivity index (χ0n) is 14.0. The fourth-order valence-corrected chi connectivity index (χ4v) is 3.50. The Morgan fingerprint density at radius 1 is 1.24 bits per heavy atom. The van der Waals surface area contributed by atoms with Crippen molar-refractivity contribution in [2.45, 2.75) is 25.3 Å². The second-order valence-corrected chi connectivity index (χ2v) is 6.45. The Balaban J connectivity index is 1.41. The quantitative estimate of drug-likeness (QED) is 0.772. The fraction of sp³-hybridized carbons (Fsp3) is 0.316. The molecule has 0 spiro atoms. The van der Waals surface area contributed by atoms with Gasteiger partial charge in [-0.3, -0.25) is 10.1 Å². The molecule has 25 heavy (non-hydrogen) atoms. The molecular formula is C19H21N5O. The Hall–Kier alpha value is -2.89. The average molecular weight is 335 g/mol. The first-order chi connectivity index (χ1) is 12.3. The Morgan fingerprint density at radius 3 is 3.04 bits per heavy atom. The van der Waals surface area contributed by atoms with Crippen molar-refractivity contribution in [3.8, 4) is 0 Å². The van der Waals surface area contributed by atoms with Gasteiger partial charge in [0.1, 0.15) is 0 Å². The first-order valence-corrected chi connectivity index (χ1v) is 8.66. The number of hydrogen-bond acceptors (Lipinski definition) is 3. The number of pyridine rings is 1. The smallest absolute Gasteiger partial charge is 0.317 e. The van der Waals surface area contributed by atoms with Crippen molar-refractivity contribution < 1.29 is 4.79 Å². The summed E-state index contributed by atoms with van der Waals surface area (Å²) in [6.07, 6.45) is 5.64. The van der Waals surface area contributed by atoms with E-state index in [0.29, 0.717) is 12.5 Å². The van der Waals surface area contributed by atoms with Gasteiger partial charge < -0.3 is 10.2 Å². The molecule has 2 aromatic heterocycles. The largest absolute Gasteiger partial charge is 0.334 e. The van der Waals surface area contributed by atoms with Gasteiger partial charge in [0.2, 0.25) is 0 Å². The van der Waals surface area contributed by atoms with Crippen molar-refractivity contribution in [2.75, 3.05) is 13.1 Å². The Labute approximate surface area is 146 Å². The normalized spacial score (nSPS) is 17.6. The summed E-state index contributed by atoms with van der Waals surface area (Å²) in [6.45, 7) is 2.00. The first kappa shape index (κ1) is 15.6. The SMILES string of the molecule is O=C(NCc1cccc2cccnc12)N1CCCC(c2ccn[nH]2)C1. The third-order valence-electron chi connectivity index (χ3n) is 4.82. The van der Waals surface area contributed by atoms with E-state index >= 15 is 0 Å². The van der Waals surface area contributed by atoms with Crippen molar-refractivity contribution >= 4 is 16.9 Å². The lowest BCUT2D eigenvalue weighted by Crippen LogP contribution is -2.44. The van der Waals surface area contributed by atoms with E-state index < -0.39 is 0 Å². The number of hydrogen-bond donors (Lipinski definition) is 2. The molecule has 1 aliphatic rings. The van der Waals surface area contributed by atoms with Crippen LogP contribution in [0, 0.1) is 0 Å². The molecule has 1 fully saturated rings. The Kier molecular flexibility index (Phi) is 4.33. The zero-order chi connectivity index (χ0) is 17.1. The van der Waals surface area contributed by atoms with Crippen molar-refractivity contribution in [1.82, 2.24) is 25.4 Å². The van der Waals surface area contributed by atoms with E-state index in [2.05, 4.69) is 20.5 Å². The van der Waals surface area contributed by atoms with Crippen LogP contribution in [0.15, 0.2) is 48.8 Å². The zero-order valence-corrected chi connectivity index (χ0v) is 14.0. The van der Waals surface area contributed by atoms with Crippen LogP contribution in [0.3, 0.4) is 0 Å². The maximum absolute atomic E-state index is 12.6. The number of aromatic nitrogens is 3. The number of carbonyl (C=O) groups is 1. The molecule has 6 nitrogen and oxygen atoms in total. The molecule has 6 heteroatoms.